The van der Waals surface area contributed by atoms with Gasteiger partial charge in [-0.25, -0.2) is 9.97 Å². The van der Waals surface area contributed by atoms with E-state index >= 15 is 0 Å². The predicted molar refractivity (Wildman–Crippen MR) is 114 cm³/mol. The van der Waals surface area contributed by atoms with E-state index in [1.165, 1.54) is 18.5 Å². The Morgan fingerprint density at radius 1 is 0.935 bits per heavy atom. The van der Waals surface area contributed by atoms with E-state index < -0.39 is 16.9 Å². The summed E-state index contributed by atoms with van der Waals surface area (Å²) < 4.78 is 20.4. The Morgan fingerprint density at radius 3 is 2.10 bits per heavy atom. The van der Waals surface area contributed by atoms with Gasteiger partial charge in [0, 0.05) is 11.1 Å². The first-order valence-electron chi connectivity index (χ1n) is 8.68. The van der Waals surface area contributed by atoms with Crippen LogP contribution < -0.4 is 30.3 Å². The number of benzene rings is 2. The van der Waals surface area contributed by atoms with Gasteiger partial charge in [-0.3, -0.25) is 4.52 Å². The van der Waals surface area contributed by atoms with Crippen molar-refractivity contribution in [3.8, 4) is 11.5 Å². The van der Waals surface area contributed by atoms with Crippen molar-refractivity contribution in [3.05, 3.63) is 66.0 Å². The zero-order valence-corrected chi connectivity index (χ0v) is 17.4. The molecule has 2 aromatic carbocycles. The third kappa shape index (κ3) is 4.72. The summed E-state index contributed by atoms with van der Waals surface area (Å²) in [5.41, 5.74) is 9.21. The monoisotopic (exact) mass is 459 g/mol. The molecular formula is C18H15N5O6P2. The van der Waals surface area contributed by atoms with Crippen LogP contribution in [-0.4, -0.2) is 19.8 Å². The lowest BCUT2D eigenvalue weighted by Crippen LogP contribution is -2.18. The molecule has 1 aliphatic heterocycles. The fourth-order valence-electron chi connectivity index (χ4n) is 2.96. The Hall–Kier alpha value is -3.33. The maximum absolute atomic E-state index is 10.8. The molecule has 4 rings (SSSR count). The first kappa shape index (κ1) is 20.9. The third-order valence-electron chi connectivity index (χ3n) is 4.27. The zero-order chi connectivity index (χ0) is 22.0. The van der Waals surface area contributed by atoms with Crippen molar-refractivity contribution in [2.45, 2.75) is 0 Å². The number of fused-ring (bicyclic) bond motifs is 1. The van der Waals surface area contributed by atoms with Crippen LogP contribution in [0.2, 0.25) is 0 Å². The third-order valence-corrected chi connectivity index (χ3v) is 5.01. The minimum Gasteiger partial charge on any atom is -0.558 e. The van der Waals surface area contributed by atoms with E-state index in [0.29, 0.717) is 34.2 Å². The maximum atomic E-state index is 10.8. The molecule has 3 aromatic rings. The highest BCUT2D eigenvalue weighted by Gasteiger charge is 2.23. The molecule has 1 aliphatic rings. The summed E-state index contributed by atoms with van der Waals surface area (Å²) in [4.78, 5) is 37.0. The molecule has 158 valence electrons. The van der Waals surface area contributed by atoms with Crippen molar-refractivity contribution in [2.24, 2.45) is 0 Å². The van der Waals surface area contributed by atoms with E-state index in [2.05, 4.69) is 20.6 Å². The van der Waals surface area contributed by atoms with Crippen LogP contribution in [0, 0.1) is 0 Å². The van der Waals surface area contributed by atoms with Gasteiger partial charge in [-0.05, 0) is 53.1 Å². The number of anilines is 3. The summed E-state index contributed by atoms with van der Waals surface area (Å²) in [7, 11) is -5.53. The predicted octanol–water partition coefficient (Wildman–Crippen LogP) is 2.41. The zero-order valence-electron chi connectivity index (χ0n) is 15.6. The number of hydrogen-bond acceptors (Lipinski definition) is 11. The van der Waals surface area contributed by atoms with Crippen molar-refractivity contribution in [3.63, 3.8) is 0 Å². The number of nitrogen functional groups attached to an aromatic ring is 1. The Labute approximate surface area is 178 Å². The molecule has 0 fully saturated rings. The van der Waals surface area contributed by atoms with E-state index in [1.54, 1.807) is 36.4 Å². The molecule has 0 amide bonds. The van der Waals surface area contributed by atoms with Gasteiger partial charge >= 0.3 is 16.9 Å². The van der Waals surface area contributed by atoms with Gasteiger partial charge in [0.2, 0.25) is 0 Å². The fourth-order valence-corrected chi connectivity index (χ4v) is 3.57. The first-order chi connectivity index (χ1) is 14.9. The Morgan fingerprint density at radius 2 is 1.52 bits per heavy atom. The molecule has 0 saturated carbocycles. The molecule has 11 nitrogen and oxygen atoms in total. The van der Waals surface area contributed by atoms with Gasteiger partial charge in [0.1, 0.15) is 17.8 Å². The molecule has 0 saturated heterocycles. The number of nitrogens with one attached hydrogen (secondary N) is 2. The lowest BCUT2D eigenvalue weighted by atomic mass is 10.0. The van der Waals surface area contributed by atoms with Gasteiger partial charge in [0.25, 0.3) is 0 Å². The van der Waals surface area contributed by atoms with Gasteiger partial charge in [-0.1, -0.05) is 0 Å². The minimum absolute atomic E-state index is 0.181. The average Bonchev–Trinajstić information content (AvgIpc) is 2.74. The van der Waals surface area contributed by atoms with Crippen molar-refractivity contribution in [2.75, 3.05) is 16.4 Å². The van der Waals surface area contributed by atoms with Crippen molar-refractivity contribution < 1.29 is 28.3 Å². The van der Waals surface area contributed by atoms with Gasteiger partial charge in [0.05, 0.1) is 11.4 Å². The summed E-state index contributed by atoms with van der Waals surface area (Å²) in [6.07, 6.45) is 1.34. The van der Waals surface area contributed by atoms with Gasteiger partial charge in [-0.15, -0.1) is 0 Å². The molecule has 13 heteroatoms. The second-order valence-electron chi connectivity index (χ2n) is 6.19. The Bertz CT molecular complexity index is 1160. The van der Waals surface area contributed by atoms with Gasteiger partial charge in [-0.2, -0.15) is 0 Å². The highest BCUT2D eigenvalue weighted by atomic mass is 31.2. The minimum atomic E-state index is -3.01. The molecule has 1 unspecified atom stereocenters. The first-order valence-corrected chi connectivity index (χ1v) is 10.9. The molecule has 1 atom stereocenters. The smallest absolute Gasteiger partial charge is 0.539 e. The molecule has 1 aromatic heterocycles. The van der Waals surface area contributed by atoms with Crippen LogP contribution in [0.3, 0.4) is 0 Å². The number of hydrogen-bond donors (Lipinski definition) is 5. The number of rotatable bonds is 6. The fraction of sp³-hybridized carbons (Fsp3) is 0. The topological polar surface area (TPSA) is 175 Å². The normalized spacial score (nSPS) is 13.2. The Kier molecular flexibility index (Phi) is 5.94. The van der Waals surface area contributed by atoms with E-state index in [4.69, 9.17) is 24.6 Å². The van der Waals surface area contributed by atoms with E-state index in [9.17, 15) is 9.46 Å². The summed E-state index contributed by atoms with van der Waals surface area (Å²) in [6, 6.07) is 13.1. The van der Waals surface area contributed by atoms with Crippen molar-refractivity contribution >= 4 is 45.6 Å². The SMILES string of the molecule is Nc1ncnc2c1NC(c1ccc(O[P+](=O)[O-])cc1)=C(c1ccc(OP(O)O)cc1)N2. The van der Waals surface area contributed by atoms with Crippen LogP contribution in [0.25, 0.3) is 11.4 Å². The number of nitrogens with two attached hydrogens (primary N) is 1. The lowest BCUT2D eigenvalue weighted by Gasteiger charge is -2.26. The molecule has 0 radical (unpaired) electrons. The van der Waals surface area contributed by atoms with E-state index in [-0.39, 0.29) is 11.6 Å². The van der Waals surface area contributed by atoms with Crippen LogP contribution in [0.15, 0.2) is 54.9 Å². The molecule has 6 N–H and O–H groups in total. The summed E-state index contributed by atoms with van der Waals surface area (Å²) in [5.74, 6) is 1.20. The average molecular weight is 459 g/mol. The summed E-state index contributed by atoms with van der Waals surface area (Å²) in [5, 5.41) is 6.47. The van der Waals surface area contributed by atoms with Crippen LogP contribution in [0.4, 0.5) is 17.3 Å². The highest BCUT2D eigenvalue weighted by molar-refractivity contribution is 7.39. The van der Waals surface area contributed by atoms with E-state index in [0.717, 1.165) is 5.56 Å². The van der Waals surface area contributed by atoms with Crippen molar-refractivity contribution in [1.82, 2.24) is 9.97 Å². The lowest BCUT2D eigenvalue weighted by molar-refractivity contribution is -0.178. The van der Waals surface area contributed by atoms with Gasteiger partial charge < -0.3 is 35.6 Å². The van der Waals surface area contributed by atoms with Crippen LogP contribution >= 0.6 is 16.9 Å². The maximum Gasteiger partial charge on any atom is 0.539 e. The second kappa shape index (κ2) is 8.81. The van der Waals surface area contributed by atoms with E-state index in [1.807, 2.05) is 0 Å². The van der Waals surface area contributed by atoms with Crippen LogP contribution in [-0.2, 0) is 4.57 Å². The second-order valence-corrected chi connectivity index (χ2v) is 7.51. The number of aromatic nitrogens is 2. The largest absolute Gasteiger partial charge is 0.558 e. The molecule has 0 aliphatic carbocycles. The summed E-state index contributed by atoms with van der Waals surface area (Å²) in [6.45, 7) is 0. The molecule has 2 heterocycles. The summed E-state index contributed by atoms with van der Waals surface area (Å²) >= 11 is 0. The van der Waals surface area contributed by atoms with Crippen LogP contribution in [0.1, 0.15) is 11.1 Å². The highest BCUT2D eigenvalue weighted by Crippen LogP contribution is 2.39. The van der Waals surface area contributed by atoms with Crippen molar-refractivity contribution in [1.29, 1.82) is 0 Å². The molecule has 0 spiro atoms. The quantitative estimate of drug-likeness (QED) is 0.342. The van der Waals surface area contributed by atoms with Crippen LogP contribution in [0.5, 0.6) is 11.5 Å². The standard InChI is InChI=1S/C18H15N5O6P2/c19-17-16-18(21-9-20-17)23-15(11-3-7-13(8-4-11)29-31(26)27)14(22-16)10-1-5-12(6-2-10)28-30(24)25/h1-9,22,26-27H,(H3,19,20,21,23). The number of nitrogens with zero attached hydrogens (tertiary/aromatic N) is 2. The van der Waals surface area contributed by atoms with Gasteiger partial charge in [0.15, 0.2) is 17.4 Å². The molecule has 0 bridgehead atoms. The molecular weight excluding hydrogens is 444 g/mol. The molecule has 31 heavy (non-hydrogen) atoms. The Balaban J connectivity index is 1.76.